The van der Waals surface area contributed by atoms with Crippen LogP contribution in [0.5, 0.6) is 0 Å². The molecule has 172 valence electrons. The first kappa shape index (κ1) is 26.8. The monoisotopic (exact) mass is 599 g/mol. The molecule has 0 saturated carbocycles. The third-order valence-electron chi connectivity index (χ3n) is 4.84. The SMILES string of the molecule is CC(C)(C)c1ccccc1N=Cc1ccc(C=Nc2ccccc2C(C)(C)C)[nH]1.[Br][Fe][Br]. The van der Waals surface area contributed by atoms with Gasteiger partial charge in [-0.3, -0.25) is 9.98 Å². The summed E-state index contributed by atoms with van der Waals surface area (Å²) in [6.45, 7) is 13.2. The summed E-state index contributed by atoms with van der Waals surface area (Å²) in [6, 6.07) is 20.7. The molecule has 0 aliphatic heterocycles. The first-order valence-electron chi connectivity index (χ1n) is 10.4. The fourth-order valence-corrected chi connectivity index (χ4v) is 3.30. The number of benzene rings is 2. The van der Waals surface area contributed by atoms with Crippen molar-refractivity contribution < 1.29 is 11.3 Å². The standard InChI is InChI=1S/C26H31N3.2BrH.Fe/c1-25(2,3)21-11-7-9-13-23(21)27-17-19-15-16-20(29-19)18-28-24-14-10-8-12-22(24)26(4,5)6;;;/h7-18,29H,1-6H3;2*1H;/q;;;+2/p-2. The Labute approximate surface area is 212 Å². The van der Waals surface area contributed by atoms with Gasteiger partial charge in [-0.15, -0.1) is 0 Å². The average molecular weight is 601 g/mol. The minimum atomic E-state index is 0.0575. The van der Waals surface area contributed by atoms with E-state index >= 15 is 0 Å². The van der Waals surface area contributed by atoms with Gasteiger partial charge < -0.3 is 4.98 Å². The van der Waals surface area contributed by atoms with Crippen LogP contribution >= 0.6 is 28.2 Å². The molecule has 0 radical (unpaired) electrons. The van der Waals surface area contributed by atoms with Gasteiger partial charge in [0.05, 0.1) is 35.2 Å². The molecule has 0 saturated heterocycles. The third-order valence-corrected chi connectivity index (χ3v) is 4.84. The Kier molecular flexibility index (Phi) is 10.2. The van der Waals surface area contributed by atoms with Crippen LogP contribution in [-0.2, 0) is 22.2 Å². The van der Waals surface area contributed by atoms with Crippen molar-refractivity contribution in [2.24, 2.45) is 9.98 Å². The summed E-state index contributed by atoms with van der Waals surface area (Å²) in [4.78, 5) is 12.8. The summed E-state index contributed by atoms with van der Waals surface area (Å²) in [7, 11) is 0. The zero-order chi connectivity index (χ0) is 23.8. The predicted molar refractivity (Wildman–Crippen MR) is 143 cm³/mol. The zero-order valence-corrected chi connectivity index (χ0v) is 23.7. The Balaban J connectivity index is 0.00000114. The summed E-state index contributed by atoms with van der Waals surface area (Å²) in [5.41, 5.74) is 6.52. The molecule has 1 N–H and O–H groups in total. The van der Waals surface area contributed by atoms with E-state index in [-0.39, 0.29) is 10.8 Å². The first-order chi connectivity index (χ1) is 15.1. The van der Waals surface area contributed by atoms with Gasteiger partial charge in [-0.05, 0) is 46.2 Å². The Hall–Kier alpha value is -1.46. The molecule has 3 aromatic rings. The van der Waals surface area contributed by atoms with Gasteiger partial charge in [0.25, 0.3) is 0 Å². The zero-order valence-electron chi connectivity index (χ0n) is 19.4. The van der Waals surface area contributed by atoms with Crippen molar-refractivity contribution in [3.8, 4) is 0 Å². The van der Waals surface area contributed by atoms with Crippen molar-refractivity contribution in [1.29, 1.82) is 0 Å². The van der Waals surface area contributed by atoms with Gasteiger partial charge in [0, 0.05) is 0 Å². The van der Waals surface area contributed by atoms with Crippen LogP contribution in [0.4, 0.5) is 11.4 Å². The van der Waals surface area contributed by atoms with Crippen molar-refractivity contribution in [2.75, 3.05) is 0 Å². The molecule has 0 unspecified atom stereocenters. The van der Waals surface area contributed by atoms with Gasteiger partial charge >= 0.3 is 39.6 Å². The summed E-state index contributed by atoms with van der Waals surface area (Å²) >= 11 is 7.00. The summed E-state index contributed by atoms with van der Waals surface area (Å²) in [6.07, 6.45) is 3.76. The van der Waals surface area contributed by atoms with E-state index in [1.54, 1.807) is 0 Å². The number of aromatic amines is 1. The number of nitrogens with one attached hydrogen (secondary N) is 1. The number of aliphatic imine (C=N–C) groups is 2. The maximum atomic E-state index is 4.72. The van der Waals surface area contributed by atoms with Crippen molar-refractivity contribution in [3.63, 3.8) is 0 Å². The molecule has 2 aromatic carbocycles. The van der Waals surface area contributed by atoms with Crippen LogP contribution in [0.25, 0.3) is 0 Å². The van der Waals surface area contributed by atoms with Gasteiger partial charge in [-0.25, -0.2) is 0 Å². The minimum absolute atomic E-state index is 0.0575. The molecule has 1 aromatic heterocycles. The molecule has 32 heavy (non-hydrogen) atoms. The normalized spacial score (nSPS) is 12.4. The van der Waals surface area contributed by atoms with Crippen LogP contribution in [0.2, 0.25) is 0 Å². The molecule has 0 bridgehead atoms. The molecule has 0 atom stereocenters. The molecule has 0 aliphatic carbocycles. The number of rotatable bonds is 4. The van der Waals surface area contributed by atoms with Gasteiger partial charge in [0.15, 0.2) is 0 Å². The van der Waals surface area contributed by atoms with E-state index in [2.05, 4.69) is 111 Å². The molecular formula is C26H31Br2FeN3. The summed E-state index contributed by atoms with van der Waals surface area (Å²) < 4.78 is 0. The molecule has 1 heterocycles. The fraction of sp³-hybridized carbons (Fsp3) is 0.308. The van der Waals surface area contributed by atoms with Crippen LogP contribution < -0.4 is 0 Å². The van der Waals surface area contributed by atoms with Gasteiger partial charge in [-0.2, -0.15) is 0 Å². The van der Waals surface area contributed by atoms with E-state index in [1.807, 2.05) is 36.7 Å². The van der Waals surface area contributed by atoms with E-state index in [0.717, 1.165) is 34.1 Å². The molecule has 3 rings (SSSR count). The maximum absolute atomic E-state index is 4.72. The Morgan fingerprint density at radius 3 is 1.34 bits per heavy atom. The van der Waals surface area contributed by atoms with Crippen LogP contribution in [0, 0.1) is 0 Å². The third kappa shape index (κ3) is 8.15. The molecule has 0 amide bonds. The number of hydrogen-bond acceptors (Lipinski definition) is 2. The molecule has 0 spiro atoms. The van der Waals surface area contributed by atoms with Gasteiger partial charge in [-0.1, -0.05) is 77.9 Å². The topological polar surface area (TPSA) is 40.5 Å². The van der Waals surface area contributed by atoms with Crippen molar-refractivity contribution in [2.45, 2.75) is 52.4 Å². The van der Waals surface area contributed by atoms with Crippen LogP contribution in [-0.4, -0.2) is 17.4 Å². The average Bonchev–Trinajstić information content (AvgIpc) is 3.18. The van der Waals surface area contributed by atoms with Crippen LogP contribution in [0.15, 0.2) is 70.6 Å². The van der Waals surface area contributed by atoms with E-state index < -0.39 is 0 Å². The predicted octanol–water partition coefficient (Wildman–Crippen LogP) is 8.80. The number of nitrogens with zero attached hydrogens (tertiary/aromatic N) is 2. The van der Waals surface area contributed by atoms with E-state index in [9.17, 15) is 0 Å². The van der Waals surface area contributed by atoms with E-state index in [4.69, 9.17) is 9.98 Å². The Morgan fingerprint density at radius 1 is 0.656 bits per heavy atom. The first-order valence-corrected chi connectivity index (χ1v) is 15.8. The fourth-order valence-electron chi connectivity index (χ4n) is 3.30. The number of aromatic nitrogens is 1. The van der Waals surface area contributed by atoms with E-state index in [0.29, 0.717) is 0 Å². The quantitative estimate of drug-likeness (QED) is 0.230. The second-order valence-electron chi connectivity index (χ2n) is 9.47. The molecule has 6 heteroatoms. The van der Waals surface area contributed by atoms with Crippen molar-refractivity contribution in [3.05, 3.63) is 83.2 Å². The van der Waals surface area contributed by atoms with Crippen LogP contribution in [0.3, 0.4) is 0 Å². The van der Waals surface area contributed by atoms with Gasteiger partial charge in [0.1, 0.15) is 0 Å². The molecule has 3 nitrogen and oxygen atoms in total. The van der Waals surface area contributed by atoms with Crippen LogP contribution in [0.1, 0.15) is 64.1 Å². The molecule has 0 aliphatic rings. The van der Waals surface area contributed by atoms with Crippen molar-refractivity contribution in [1.82, 2.24) is 4.98 Å². The van der Waals surface area contributed by atoms with Gasteiger partial charge in [0.2, 0.25) is 0 Å². The number of para-hydroxylation sites is 2. The van der Waals surface area contributed by atoms with Crippen molar-refractivity contribution >= 4 is 52.0 Å². The molecular weight excluding hydrogens is 570 g/mol. The Morgan fingerprint density at radius 2 is 1.00 bits per heavy atom. The number of hydrogen-bond donors (Lipinski definition) is 1. The number of H-pyrrole nitrogens is 1. The summed E-state index contributed by atoms with van der Waals surface area (Å²) in [5, 5.41) is 0. The Bertz CT molecular complexity index is 975. The second kappa shape index (κ2) is 12.1. The molecule has 0 fully saturated rings. The summed E-state index contributed by atoms with van der Waals surface area (Å²) in [5.74, 6) is 0. The second-order valence-corrected chi connectivity index (χ2v) is 15.0. The number of halogens is 2. The van der Waals surface area contributed by atoms with E-state index in [1.165, 1.54) is 11.1 Å².